The van der Waals surface area contributed by atoms with Gasteiger partial charge in [0, 0.05) is 12.5 Å². The second kappa shape index (κ2) is 10.4. The Kier molecular flexibility index (Phi) is 10.0. The Labute approximate surface area is 113 Å². The molecule has 0 rings (SSSR count). The van der Waals surface area contributed by atoms with Crippen molar-refractivity contribution < 1.29 is 4.79 Å². The highest BCUT2D eigenvalue weighted by Crippen LogP contribution is 2.20. The Balaban J connectivity index is 3.86. The van der Waals surface area contributed by atoms with Gasteiger partial charge in [-0.2, -0.15) is 0 Å². The van der Waals surface area contributed by atoms with Crippen LogP contribution in [0, 0.1) is 11.8 Å². The third kappa shape index (κ3) is 8.51. The molecule has 1 amide bonds. The van der Waals surface area contributed by atoms with Crippen LogP contribution in [-0.4, -0.2) is 18.5 Å². The standard InChI is InChI=1S/C15H32N2O/c1-5-6-7-13(4)17-15(18)9-8-14(10-11-16)12(2)3/h12-14H,5-11,16H2,1-4H3,(H,17,18). The van der Waals surface area contributed by atoms with Gasteiger partial charge in [-0.15, -0.1) is 0 Å². The van der Waals surface area contributed by atoms with Gasteiger partial charge in [-0.1, -0.05) is 33.6 Å². The number of rotatable bonds is 10. The fourth-order valence-corrected chi connectivity index (χ4v) is 2.27. The van der Waals surface area contributed by atoms with Crippen molar-refractivity contribution in [2.45, 2.75) is 72.3 Å². The Bertz CT molecular complexity index is 217. The maximum absolute atomic E-state index is 11.8. The minimum absolute atomic E-state index is 0.196. The van der Waals surface area contributed by atoms with E-state index in [0.717, 1.165) is 25.8 Å². The second-order valence-electron chi connectivity index (χ2n) is 5.73. The average Bonchev–Trinajstić information content (AvgIpc) is 2.31. The topological polar surface area (TPSA) is 55.1 Å². The molecule has 0 spiro atoms. The molecule has 0 heterocycles. The third-order valence-electron chi connectivity index (χ3n) is 3.62. The molecule has 0 aromatic carbocycles. The van der Waals surface area contributed by atoms with E-state index in [0.29, 0.717) is 24.3 Å². The molecule has 0 aromatic rings. The molecular weight excluding hydrogens is 224 g/mol. The molecule has 0 radical (unpaired) electrons. The quantitative estimate of drug-likeness (QED) is 0.631. The molecule has 18 heavy (non-hydrogen) atoms. The smallest absolute Gasteiger partial charge is 0.220 e. The first kappa shape index (κ1) is 17.4. The molecule has 0 fully saturated rings. The van der Waals surface area contributed by atoms with Crippen molar-refractivity contribution in [2.75, 3.05) is 6.54 Å². The van der Waals surface area contributed by atoms with Crippen LogP contribution in [0.25, 0.3) is 0 Å². The summed E-state index contributed by atoms with van der Waals surface area (Å²) in [5.41, 5.74) is 5.61. The number of hydrogen-bond acceptors (Lipinski definition) is 2. The molecule has 0 bridgehead atoms. The number of hydrogen-bond donors (Lipinski definition) is 2. The van der Waals surface area contributed by atoms with Gasteiger partial charge in [0.15, 0.2) is 0 Å². The van der Waals surface area contributed by atoms with Crippen LogP contribution < -0.4 is 11.1 Å². The van der Waals surface area contributed by atoms with Crippen LogP contribution in [0.5, 0.6) is 0 Å². The zero-order valence-electron chi connectivity index (χ0n) is 12.7. The summed E-state index contributed by atoms with van der Waals surface area (Å²) in [6.45, 7) is 9.41. The zero-order valence-corrected chi connectivity index (χ0v) is 12.7. The third-order valence-corrected chi connectivity index (χ3v) is 3.62. The SMILES string of the molecule is CCCCC(C)NC(=O)CCC(CCN)C(C)C. The van der Waals surface area contributed by atoms with Crippen LogP contribution >= 0.6 is 0 Å². The average molecular weight is 256 g/mol. The lowest BCUT2D eigenvalue weighted by atomic mass is 9.88. The minimum Gasteiger partial charge on any atom is -0.354 e. The van der Waals surface area contributed by atoms with E-state index in [4.69, 9.17) is 5.73 Å². The molecule has 0 aliphatic rings. The van der Waals surface area contributed by atoms with E-state index < -0.39 is 0 Å². The highest BCUT2D eigenvalue weighted by atomic mass is 16.1. The number of nitrogens with one attached hydrogen (secondary N) is 1. The van der Waals surface area contributed by atoms with Crippen molar-refractivity contribution in [2.24, 2.45) is 17.6 Å². The van der Waals surface area contributed by atoms with E-state index in [-0.39, 0.29) is 5.91 Å². The lowest BCUT2D eigenvalue weighted by Crippen LogP contribution is -2.32. The van der Waals surface area contributed by atoms with Crippen LogP contribution in [-0.2, 0) is 4.79 Å². The molecule has 0 aromatic heterocycles. The lowest BCUT2D eigenvalue weighted by molar-refractivity contribution is -0.122. The van der Waals surface area contributed by atoms with Gasteiger partial charge in [-0.25, -0.2) is 0 Å². The largest absolute Gasteiger partial charge is 0.354 e. The molecule has 0 saturated carbocycles. The number of carbonyl (C=O) groups is 1. The highest BCUT2D eigenvalue weighted by molar-refractivity contribution is 5.76. The van der Waals surface area contributed by atoms with Crippen LogP contribution in [0.4, 0.5) is 0 Å². The predicted molar refractivity (Wildman–Crippen MR) is 78.4 cm³/mol. The number of unbranched alkanes of at least 4 members (excludes halogenated alkanes) is 1. The van der Waals surface area contributed by atoms with Gasteiger partial charge in [-0.3, -0.25) is 4.79 Å². The first-order valence-electron chi connectivity index (χ1n) is 7.50. The normalized spacial score (nSPS) is 14.6. The Morgan fingerprint density at radius 1 is 1.17 bits per heavy atom. The Morgan fingerprint density at radius 2 is 1.83 bits per heavy atom. The van der Waals surface area contributed by atoms with Crippen molar-refractivity contribution in [3.63, 3.8) is 0 Å². The highest BCUT2D eigenvalue weighted by Gasteiger charge is 2.15. The lowest BCUT2D eigenvalue weighted by Gasteiger charge is -2.20. The molecule has 0 aliphatic heterocycles. The van der Waals surface area contributed by atoms with Crippen LogP contribution in [0.1, 0.15) is 66.2 Å². The maximum Gasteiger partial charge on any atom is 0.220 e. The van der Waals surface area contributed by atoms with Crippen LogP contribution in [0.2, 0.25) is 0 Å². The summed E-state index contributed by atoms with van der Waals surface area (Å²) in [5.74, 6) is 1.38. The molecule has 3 heteroatoms. The van der Waals surface area contributed by atoms with E-state index in [1.165, 1.54) is 12.8 Å². The Hall–Kier alpha value is -0.570. The fourth-order valence-electron chi connectivity index (χ4n) is 2.27. The van der Waals surface area contributed by atoms with Crippen LogP contribution in [0.15, 0.2) is 0 Å². The van der Waals surface area contributed by atoms with E-state index >= 15 is 0 Å². The summed E-state index contributed by atoms with van der Waals surface area (Å²) in [7, 11) is 0. The number of carbonyl (C=O) groups excluding carboxylic acids is 1. The second-order valence-corrected chi connectivity index (χ2v) is 5.73. The van der Waals surface area contributed by atoms with E-state index in [9.17, 15) is 4.79 Å². The van der Waals surface area contributed by atoms with Crippen molar-refractivity contribution in [3.8, 4) is 0 Å². The monoisotopic (exact) mass is 256 g/mol. The summed E-state index contributed by atoms with van der Waals surface area (Å²) in [5, 5.41) is 3.08. The molecule has 2 unspecified atom stereocenters. The number of amides is 1. The maximum atomic E-state index is 11.8. The molecule has 0 saturated heterocycles. The zero-order chi connectivity index (χ0) is 14.0. The van der Waals surface area contributed by atoms with Gasteiger partial charge in [-0.05, 0) is 44.6 Å². The summed E-state index contributed by atoms with van der Waals surface area (Å²) in [6, 6.07) is 0.310. The van der Waals surface area contributed by atoms with Crippen molar-refractivity contribution >= 4 is 5.91 Å². The van der Waals surface area contributed by atoms with Gasteiger partial charge >= 0.3 is 0 Å². The molecule has 3 N–H and O–H groups in total. The minimum atomic E-state index is 0.196. The van der Waals surface area contributed by atoms with E-state index in [1.807, 2.05) is 0 Å². The fraction of sp³-hybridized carbons (Fsp3) is 0.933. The van der Waals surface area contributed by atoms with E-state index in [2.05, 4.69) is 33.0 Å². The van der Waals surface area contributed by atoms with E-state index in [1.54, 1.807) is 0 Å². The molecule has 3 nitrogen and oxygen atoms in total. The summed E-state index contributed by atoms with van der Waals surface area (Å²) < 4.78 is 0. The van der Waals surface area contributed by atoms with Crippen molar-refractivity contribution in [1.29, 1.82) is 0 Å². The van der Waals surface area contributed by atoms with Crippen molar-refractivity contribution in [1.82, 2.24) is 5.32 Å². The first-order chi connectivity index (χ1) is 8.51. The Morgan fingerprint density at radius 3 is 2.33 bits per heavy atom. The van der Waals surface area contributed by atoms with Gasteiger partial charge in [0.25, 0.3) is 0 Å². The summed E-state index contributed by atoms with van der Waals surface area (Å²) >= 11 is 0. The predicted octanol–water partition coefficient (Wildman–Crippen LogP) is 3.08. The van der Waals surface area contributed by atoms with Gasteiger partial charge in [0.1, 0.15) is 0 Å². The first-order valence-corrected chi connectivity index (χ1v) is 7.50. The number of nitrogens with two attached hydrogens (primary N) is 1. The van der Waals surface area contributed by atoms with Crippen molar-refractivity contribution in [3.05, 3.63) is 0 Å². The van der Waals surface area contributed by atoms with Gasteiger partial charge in [0.2, 0.25) is 5.91 Å². The molecule has 108 valence electrons. The van der Waals surface area contributed by atoms with Crippen LogP contribution in [0.3, 0.4) is 0 Å². The molecule has 0 aliphatic carbocycles. The molecule has 2 atom stereocenters. The van der Waals surface area contributed by atoms with Gasteiger partial charge < -0.3 is 11.1 Å². The summed E-state index contributed by atoms with van der Waals surface area (Å²) in [4.78, 5) is 11.8. The summed E-state index contributed by atoms with van der Waals surface area (Å²) in [6.07, 6.45) is 6.07. The van der Waals surface area contributed by atoms with Gasteiger partial charge in [0.05, 0.1) is 0 Å². The molecular formula is C15H32N2O.